The Hall–Kier alpha value is -1.87. The van der Waals surface area contributed by atoms with Crippen LogP contribution in [0.3, 0.4) is 0 Å². The Bertz CT molecular complexity index is 546. The van der Waals surface area contributed by atoms with Crippen LogP contribution in [0.15, 0.2) is 54.6 Å². The van der Waals surface area contributed by atoms with Crippen LogP contribution in [0.5, 0.6) is 0 Å². The molecule has 1 aliphatic carbocycles. The Kier molecular flexibility index (Phi) is 2.79. The first-order valence-electron chi connectivity index (χ1n) is 6.42. The summed E-state index contributed by atoms with van der Waals surface area (Å²) >= 11 is 0. The summed E-state index contributed by atoms with van der Waals surface area (Å²) in [5.74, 6) is -0.295. The van der Waals surface area contributed by atoms with E-state index < -0.39 is 11.2 Å². The summed E-state index contributed by atoms with van der Waals surface area (Å²) < 4.78 is 11.0. The third kappa shape index (κ3) is 2.00. The molecule has 0 aromatic heterocycles. The van der Waals surface area contributed by atoms with Gasteiger partial charge in [-0.3, -0.25) is 0 Å². The van der Waals surface area contributed by atoms with Gasteiger partial charge in [0.25, 0.3) is 0 Å². The SMILES string of the molecule is CC1(C(=O)OCc2ccccc2)OC12C=CC=CC2. The highest BCUT2D eigenvalue weighted by Crippen LogP contribution is 2.53. The summed E-state index contributed by atoms with van der Waals surface area (Å²) in [6.07, 6.45) is 8.55. The van der Waals surface area contributed by atoms with Gasteiger partial charge in [-0.15, -0.1) is 0 Å². The maximum Gasteiger partial charge on any atom is 0.341 e. The minimum absolute atomic E-state index is 0.286. The second kappa shape index (κ2) is 4.35. The summed E-state index contributed by atoms with van der Waals surface area (Å²) in [5.41, 5.74) is -0.355. The van der Waals surface area contributed by atoms with Gasteiger partial charge in [0, 0.05) is 6.42 Å². The lowest BCUT2D eigenvalue weighted by atomic mass is 9.88. The molecule has 1 aromatic carbocycles. The van der Waals surface area contributed by atoms with E-state index in [-0.39, 0.29) is 12.6 Å². The van der Waals surface area contributed by atoms with Gasteiger partial charge in [-0.05, 0) is 18.6 Å². The number of esters is 1. The zero-order valence-electron chi connectivity index (χ0n) is 10.8. The summed E-state index contributed by atoms with van der Waals surface area (Å²) in [4.78, 5) is 12.2. The van der Waals surface area contributed by atoms with Crippen molar-refractivity contribution in [2.75, 3.05) is 0 Å². The molecule has 3 rings (SSSR count). The molecule has 1 aromatic rings. The van der Waals surface area contributed by atoms with E-state index in [9.17, 15) is 4.79 Å². The summed E-state index contributed by atoms with van der Waals surface area (Å²) in [6, 6.07) is 9.65. The molecule has 2 aliphatic rings. The maximum absolute atomic E-state index is 12.2. The van der Waals surface area contributed by atoms with E-state index in [0.717, 1.165) is 12.0 Å². The molecule has 0 bridgehead atoms. The molecular formula is C16H16O3. The van der Waals surface area contributed by atoms with Crippen molar-refractivity contribution in [2.45, 2.75) is 31.2 Å². The van der Waals surface area contributed by atoms with E-state index >= 15 is 0 Å². The van der Waals surface area contributed by atoms with Crippen LogP contribution < -0.4 is 0 Å². The van der Waals surface area contributed by atoms with E-state index in [1.165, 1.54) is 0 Å². The highest BCUT2D eigenvalue weighted by Gasteiger charge is 2.70. The number of carbonyl (C=O) groups excluding carboxylic acids is 1. The van der Waals surface area contributed by atoms with Gasteiger partial charge < -0.3 is 9.47 Å². The second-order valence-corrected chi connectivity index (χ2v) is 5.08. The first kappa shape index (κ1) is 12.2. The summed E-state index contributed by atoms with van der Waals surface area (Å²) in [6.45, 7) is 2.08. The highest BCUT2D eigenvalue weighted by molar-refractivity contribution is 5.85. The predicted octanol–water partition coefficient (Wildman–Crippen LogP) is 2.77. The topological polar surface area (TPSA) is 38.8 Å². The lowest BCUT2D eigenvalue weighted by Gasteiger charge is -2.13. The molecule has 2 atom stereocenters. The van der Waals surface area contributed by atoms with Crippen molar-refractivity contribution in [3.8, 4) is 0 Å². The molecule has 1 saturated heterocycles. The van der Waals surface area contributed by atoms with Crippen molar-refractivity contribution in [3.05, 3.63) is 60.2 Å². The number of hydrogen-bond donors (Lipinski definition) is 0. The maximum atomic E-state index is 12.2. The molecule has 1 aliphatic heterocycles. The molecule has 3 nitrogen and oxygen atoms in total. The Morgan fingerprint density at radius 1 is 1.32 bits per heavy atom. The van der Waals surface area contributed by atoms with Crippen LogP contribution >= 0.6 is 0 Å². The number of epoxide rings is 1. The zero-order chi connectivity index (χ0) is 13.3. The van der Waals surface area contributed by atoms with Gasteiger partial charge in [-0.25, -0.2) is 4.79 Å². The lowest BCUT2D eigenvalue weighted by Crippen LogP contribution is -2.32. The number of allylic oxidation sites excluding steroid dienone is 2. The predicted molar refractivity (Wildman–Crippen MR) is 71.4 cm³/mol. The van der Waals surface area contributed by atoms with Crippen LogP contribution in [0.25, 0.3) is 0 Å². The molecule has 3 heteroatoms. The molecule has 19 heavy (non-hydrogen) atoms. The van der Waals surface area contributed by atoms with E-state index in [4.69, 9.17) is 9.47 Å². The normalized spacial score (nSPS) is 31.4. The van der Waals surface area contributed by atoms with Crippen molar-refractivity contribution in [2.24, 2.45) is 0 Å². The van der Waals surface area contributed by atoms with Gasteiger partial charge >= 0.3 is 5.97 Å². The fourth-order valence-electron chi connectivity index (χ4n) is 2.44. The molecule has 0 saturated carbocycles. The lowest BCUT2D eigenvalue weighted by molar-refractivity contribution is -0.150. The monoisotopic (exact) mass is 256 g/mol. The summed E-state index contributed by atoms with van der Waals surface area (Å²) in [5, 5.41) is 0. The van der Waals surface area contributed by atoms with Crippen molar-refractivity contribution < 1.29 is 14.3 Å². The van der Waals surface area contributed by atoms with Crippen LogP contribution in [-0.2, 0) is 20.9 Å². The first-order chi connectivity index (χ1) is 9.16. The Morgan fingerprint density at radius 2 is 2.11 bits per heavy atom. The Labute approximate surface area is 112 Å². The average molecular weight is 256 g/mol. The van der Waals surface area contributed by atoms with E-state index in [1.54, 1.807) is 6.92 Å². The van der Waals surface area contributed by atoms with Crippen molar-refractivity contribution >= 4 is 5.97 Å². The van der Waals surface area contributed by atoms with Crippen molar-refractivity contribution in [1.82, 2.24) is 0 Å². The van der Waals surface area contributed by atoms with E-state index in [0.29, 0.717) is 0 Å². The number of rotatable bonds is 3. The van der Waals surface area contributed by atoms with E-state index in [1.807, 2.05) is 54.6 Å². The molecular weight excluding hydrogens is 240 g/mol. The molecule has 98 valence electrons. The largest absolute Gasteiger partial charge is 0.459 e. The number of hydrogen-bond acceptors (Lipinski definition) is 3. The van der Waals surface area contributed by atoms with Gasteiger partial charge in [0.1, 0.15) is 12.2 Å². The number of ether oxygens (including phenoxy) is 2. The molecule has 1 heterocycles. The fraction of sp³-hybridized carbons (Fsp3) is 0.312. The van der Waals surface area contributed by atoms with Crippen LogP contribution in [0, 0.1) is 0 Å². The first-order valence-corrected chi connectivity index (χ1v) is 6.42. The fourth-order valence-corrected chi connectivity index (χ4v) is 2.44. The van der Waals surface area contributed by atoms with Crippen LogP contribution in [-0.4, -0.2) is 17.2 Å². The molecule has 1 fully saturated rings. The van der Waals surface area contributed by atoms with Gasteiger partial charge in [0.15, 0.2) is 5.60 Å². The molecule has 0 radical (unpaired) electrons. The van der Waals surface area contributed by atoms with Gasteiger partial charge in [0.2, 0.25) is 0 Å². The highest BCUT2D eigenvalue weighted by atomic mass is 16.7. The zero-order valence-corrected chi connectivity index (χ0v) is 10.8. The van der Waals surface area contributed by atoms with Crippen LogP contribution in [0.1, 0.15) is 18.9 Å². The number of benzene rings is 1. The van der Waals surface area contributed by atoms with Gasteiger partial charge in [-0.2, -0.15) is 0 Å². The smallest absolute Gasteiger partial charge is 0.341 e. The summed E-state index contributed by atoms with van der Waals surface area (Å²) in [7, 11) is 0. The third-order valence-corrected chi connectivity index (χ3v) is 3.79. The molecule has 1 spiro atoms. The van der Waals surface area contributed by atoms with Crippen LogP contribution in [0.2, 0.25) is 0 Å². The Morgan fingerprint density at radius 3 is 2.79 bits per heavy atom. The molecule has 0 amide bonds. The minimum atomic E-state index is -0.844. The average Bonchev–Trinajstić information content (AvgIpc) is 3.03. The van der Waals surface area contributed by atoms with E-state index in [2.05, 4.69) is 0 Å². The molecule has 2 unspecified atom stereocenters. The van der Waals surface area contributed by atoms with Crippen LogP contribution in [0.4, 0.5) is 0 Å². The second-order valence-electron chi connectivity index (χ2n) is 5.08. The van der Waals surface area contributed by atoms with Crippen molar-refractivity contribution in [1.29, 1.82) is 0 Å². The third-order valence-electron chi connectivity index (χ3n) is 3.79. The Balaban J connectivity index is 1.63. The van der Waals surface area contributed by atoms with Crippen molar-refractivity contribution in [3.63, 3.8) is 0 Å². The minimum Gasteiger partial charge on any atom is -0.459 e. The quantitative estimate of drug-likeness (QED) is 0.616. The van der Waals surface area contributed by atoms with Gasteiger partial charge in [0.05, 0.1) is 0 Å². The number of carbonyl (C=O) groups is 1. The van der Waals surface area contributed by atoms with Gasteiger partial charge in [-0.1, -0.05) is 48.6 Å². The standard InChI is InChI=1S/C16H16O3/c1-15(16(19-15)10-6-3-7-11-16)14(17)18-12-13-8-4-2-5-9-13/h2-10H,11-12H2,1H3. The molecule has 0 N–H and O–H groups in total.